The summed E-state index contributed by atoms with van der Waals surface area (Å²) in [5, 5.41) is 14.0. The van der Waals surface area contributed by atoms with Crippen molar-refractivity contribution in [3.8, 4) is 0 Å². The number of carbonyl (C=O) groups excluding carboxylic acids is 1. The third-order valence-corrected chi connectivity index (χ3v) is 4.32. The third-order valence-electron chi connectivity index (χ3n) is 4.32. The summed E-state index contributed by atoms with van der Waals surface area (Å²) in [4.78, 5) is 13.3. The number of rotatable bonds is 1. The van der Waals surface area contributed by atoms with E-state index < -0.39 is 5.60 Å². The van der Waals surface area contributed by atoms with Gasteiger partial charge in [-0.15, -0.1) is 0 Å². The van der Waals surface area contributed by atoms with Gasteiger partial charge in [-0.05, 0) is 49.5 Å². The first-order valence-corrected chi connectivity index (χ1v) is 6.95. The molecule has 3 rings (SSSR count). The summed E-state index contributed by atoms with van der Waals surface area (Å²) in [6, 6.07) is 6.05. The lowest BCUT2D eigenvalue weighted by Gasteiger charge is -2.33. The average molecular weight is 260 g/mol. The first kappa shape index (κ1) is 12.6. The number of hydrogen-bond acceptors (Lipinski definition) is 3. The second kappa shape index (κ2) is 4.62. The van der Waals surface area contributed by atoms with Gasteiger partial charge >= 0.3 is 0 Å². The van der Waals surface area contributed by atoms with E-state index in [4.69, 9.17) is 0 Å². The van der Waals surface area contributed by atoms with E-state index in [0.717, 1.165) is 50.1 Å². The van der Waals surface area contributed by atoms with Crippen LogP contribution >= 0.6 is 0 Å². The highest BCUT2D eigenvalue weighted by molar-refractivity contribution is 5.93. The molecule has 102 valence electrons. The summed E-state index contributed by atoms with van der Waals surface area (Å²) in [6.45, 7) is 4.07. The summed E-state index contributed by atoms with van der Waals surface area (Å²) in [5.74, 6) is 0.0899. The summed E-state index contributed by atoms with van der Waals surface area (Å²) in [7, 11) is 0. The van der Waals surface area contributed by atoms with E-state index in [0.29, 0.717) is 0 Å². The highest BCUT2D eigenvalue weighted by atomic mass is 16.3. The smallest absolute Gasteiger partial charge is 0.223 e. The molecular weight excluding hydrogens is 240 g/mol. The van der Waals surface area contributed by atoms with Crippen molar-refractivity contribution in [1.29, 1.82) is 0 Å². The zero-order valence-corrected chi connectivity index (χ0v) is 11.3. The van der Waals surface area contributed by atoms with Crippen molar-refractivity contribution in [3.05, 3.63) is 29.3 Å². The van der Waals surface area contributed by atoms with E-state index in [9.17, 15) is 9.90 Å². The molecule has 0 bridgehead atoms. The summed E-state index contributed by atoms with van der Waals surface area (Å²) in [5.41, 5.74) is 2.48. The van der Waals surface area contributed by atoms with Crippen LogP contribution < -0.4 is 10.2 Å². The van der Waals surface area contributed by atoms with Gasteiger partial charge in [-0.1, -0.05) is 12.1 Å². The second-order valence-electron chi connectivity index (χ2n) is 5.55. The van der Waals surface area contributed by atoms with Gasteiger partial charge in [-0.2, -0.15) is 0 Å². The molecule has 0 atom stereocenters. The standard InChI is InChI=1S/C15H20N2O2/c1-11(18)17-9-4-12-10-13(2-3-14(12)17)15(19)5-7-16-8-6-15/h2-3,10,16,19H,4-9H2,1H3. The van der Waals surface area contributed by atoms with Crippen molar-refractivity contribution in [2.45, 2.75) is 31.8 Å². The number of aliphatic hydroxyl groups is 1. The fraction of sp³-hybridized carbons (Fsp3) is 0.533. The van der Waals surface area contributed by atoms with Crippen LogP contribution in [0.2, 0.25) is 0 Å². The first-order chi connectivity index (χ1) is 9.10. The van der Waals surface area contributed by atoms with Crippen molar-refractivity contribution in [3.63, 3.8) is 0 Å². The largest absolute Gasteiger partial charge is 0.385 e. The van der Waals surface area contributed by atoms with Crippen LogP contribution in [0, 0.1) is 0 Å². The molecule has 2 aliphatic rings. The van der Waals surface area contributed by atoms with Gasteiger partial charge in [0.1, 0.15) is 0 Å². The highest BCUT2D eigenvalue weighted by Crippen LogP contribution is 2.35. The number of carbonyl (C=O) groups is 1. The summed E-state index contributed by atoms with van der Waals surface area (Å²) < 4.78 is 0. The van der Waals surface area contributed by atoms with Crippen LogP contribution in [-0.2, 0) is 16.8 Å². The predicted molar refractivity (Wildman–Crippen MR) is 74.2 cm³/mol. The van der Waals surface area contributed by atoms with Gasteiger partial charge in [0.05, 0.1) is 5.60 Å². The molecule has 0 aromatic heterocycles. The molecule has 2 N–H and O–H groups in total. The maximum atomic E-state index is 11.5. The minimum Gasteiger partial charge on any atom is -0.385 e. The maximum absolute atomic E-state index is 11.5. The van der Waals surface area contributed by atoms with Crippen molar-refractivity contribution in [1.82, 2.24) is 5.32 Å². The molecule has 1 aromatic carbocycles. The molecule has 0 spiro atoms. The van der Waals surface area contributed by atoms with Gasteiger partial charge in [0.25, 0.3) is 0 Å². The van der Waals surface area contributed by atoms with Gasteiger partial charge in [0.2, 0.25) is 5.91 Å². The predicted octanol–water partition coefficient (Wildman–Crippen LogP) is 1.17. The zero-order chi connectivity index (χ0) is 13.5. The Labute approximate surface area is 113 Å². The molecule has 0 aliphatic carbocycles. The molecule has 2 aliphatic heterocycles. The fourth-order valence-corrected chi connectivity index (χ4v) is 3.15. The second-order valence-corrected chi connectivity index (χ2v) is 5.55. The molecule has 4 heteroatoms. The lowest BCUT2D eigenvalue weighted by atomic mass is 9.84. The van der Waals surface area contributed by atoms with E-state index in [1.165, 1.54) is 5.56 Å². The Morgan fingerprint density at radius 2 is 2.11 bits per heavy atom. The molecule has 1 amide bonds. The lowest BCUT2D eigenvalue weighted by Crippen LogP contribution is -2.39. The Morgan fingerprint density at radius 3 is 2.79 bits per heavy atom. The van der Waals surface area contributed by atoms with E-state index >= 15 is 0 Å². The molecule has 1 fully saturated rings. The SMILES string of the molecule is CC(=O)N1CCc2cc(C3(O)CCNCC3)ccc21. The van der Waals surface area contributed by atoms with Crippen molar-refractivity contribution in [2.75, 3.05) is 24.5 Å². The Bertz CT molecular complexity index is 507. The fourth-order valence-electron chi connectivity index (χ4n) is 3.15. The molecular formula is C15H20N2O2. The topological polar surface area (TPSA) is 52.6 Å². The van der Waals surface area contributed by atoms with Crippen molar-refractivity contribution >= 4 is 11.6 Å². The first-order valence-electron chi connectivity index (χ1n) is 6.95. The number of nitrogens with one attached hydrogen (secondary N) is 1. The number of piperidine rings is 1. The summed E-state index contributed by atoms with van der Waals surface area (Å²) >= 11 is 0. The zero-order valence-electron chi connectivity index (χ0n) is 11.3. The van der Waals surface area contributed by atoms with E-state index in [2.05, 4.69) is 11.4 Å². The van der Waals surface area contributed by atoms with Crippen LogP contribution in [0.4, 0.5) is 5.69 Å². The number of amides is 1. The normalized spacial score (nSPS) is 21.3. The molecule has 2 heterocycles. The number of benzene rings is 1. The number of fused-ring (bicyclic) bond motifs is 1. The van der Waals surface area contributed by atoms with Gasteiger partial charge in [-0.3, -0.25) is 4.79 Å². The Balaban J connectivity index is 1.92. The molecule has 0 saturated carbocycles. The summed E-state index contributed by atoms with van der Waals surface area (Å²) in [6.07, 6.45) is 2.39. The molecule has 1 saturated heterocycles. The van der Waals surface area contributed by atoms with Crippen LogP contribution in [0.25, 0.3) is 0 Å². The van der Waals surface area contributed by atoms with Crippen molar-refractivity contribution < 1.29 is 9.90 Å². The number of hydrogen-bond donors (Lipinski definition) is 2. The minimum atomic E-state index is -0.704. The van der Waals surface area contributed by atoms with E-state index in [-0.39, 0.29) is 5.91 Å². The van der Waals surface area contributed by atoms with Crippen LogP contribution in [0.1, 0.15) is 30.9 Å². The Hall–Kier alpha value is -1.39. The van der Waals surface area contributed by atoms with Gasteiger partial charge < -0.3 is 15.3 Å². The van der Waals surface area contributed by atoms with Crippen LogP contribution in [0.15, 0.2) is 18.2 Å². The van der Waals surface area contributed by atoms with Crippen molar-refractivity contribution in [2.24, 2.45) is 0 Å². The van der Waals surface area contributed by atoms with Gasteiger partial charge in [0.15, 0.2) is 0 Å². The van der Waals surface area contributed by atoms with Crippen LogP contribution in [0.5, 0.6) is 0 Å². The number of anilines is 1. The molecule has 0 radical (unpaired) electrons. The molecule has 0 unspecified atom stereocenters. The number of nitrogens with zero attached hydrogens (tertiary/aromatic N) is 1. The Kier molecular flexibility index (Phi) is 3.07. The minimum absolute atomic E-state index is 0.0899. The monoisotopic (exact) mass is 260 g/mol. The maximum Gasteiger partial charge on any atom is 0.223 e. The highest BCUT2D eigenvalue weighted by Gasteiger charge is 2.32. The quantitative estimate of drug-likeness (QED) is 0.797. The average Bonchev–Trinajstić information content (AvgIpc) is 2.82. The Morgan fingerprint density at radius 1 is 1.37 bits per heavy atom. The molecule has 4 nitrogen and oxygen atoms in total. The van der Waals surface area contributed by atoms with E-state index in [1.54, 1.807) is 6.92 Å². The van der Waals surface area contributed by atoms with Crippen LogP contribution in [-0.4, -0.2) is 30.6 Å². The lowest BCUT2D eigenvalue weighted by molar-refractivity contribution is -0.116. The van der Waals surface area contributed by atoms with Crippen LogP contribution in [0.3, 0.4) is 0 Å². The van der Waals surface area contributed by atoms with E-state index in [1.807, 2.05) is 17.0 Å². The molecule has 19 heavy (non-hydrogen) atoms. The van der Waals surface area contributed by atoms with Gasteiger partial charge in [-0.25, -0.2) is 0 Å². The molecule has 1 aromatic rings. The van der Waals surface area contributed by atoms with Gasteiger partial charge in [0, 0.05) is 19.2 Å². The third kappa shape index (κ3) is 2.15.